The zero-order chi connectivity index (χ0) is 10.9. The maximum Gasteiger partial charge on any atom is 0.157 e. The number of aliphatic imine (C=N–C) groups is 1. The quantitative estimate of drug-likeness (QED) is 0.745. The molecule has 0 bridgehead atoms. The van der Waals surface area contributed by atoms with E-state index in [9.17, 15) is 0 Å². The highest BCUT2D eigenvalue weighted by Gasteiger charge is 2.28. The molecule has 2 heterocycles. The van der Waals surface area contributed by atoms with Gasteiger partial charge in [0.15, 0.2) is 5.17 Å². The highest BCUT2D eigenvalue weighted by atomic mass is 32.2. The molecular weight excluding hydrogens is 208 g/mol. The van der Waals surface area contributed by atoms with Crippen LogP contribution >= 0.6 is 11.8 Å². The predicted octanol–water partition coefficient (Wildman–Crippen LogP) is 2.02. The molecule has 1 N–H and O–H groups in total. The fourth-order valence-electron chi connectivity index (χ4n) is 1.90. The largest absolute Gasteiger partial charge is 0.376 e. The van der Waals surface area contributed by atoms with Crippen molar-refractivity contribution in [2.75, 3.05) is 12.4 Å². The third kappa shape index (κ3) is 2.88. The second-order valence-electron chi connectivity index (χ2n) is 4.97. The van der Waals surface area contributed by atoms with Crippen molar-refractivity contribution >= 4 is 16.9 Å². The monoisotopic (exact) mass is 228 g/mol. The highest BCUT2D eigenvalue weighted by molar-refractivity contribution is 8.13. The molecule has 2 rings (SSSR count). The summed E-state index contributed by atoms with van der Waals surface area (Å²) in [4.78, 5) is 4.76. The molecule has 0 aromatic carbocycles. The smallest absolute Gasteiger partial charge is 0.157 e. The molecule has 15 heavy (non-hydrogen) atoms. The predicted molar refractivity (Wildman–Crippen MR) is 65.5 cm³/mol. The van der Waals surface area contributed by atoms with Gasteiger partial charge < -0.3 is 10.1 Å². The second-order valence-corrected chi connectivity index (χ2v) is 6.06. The van der Waals surface area contributed by atoms with Gasteiger partial charge in [0.05, 0.1) is 12.1 Å². The summed E-state index contributed by atoms with van der Waals surface area (Å²) in [5, 5.41) is 4.60. The molecule has 0 aromatic heterocycles. The number of nitrogens with one attached hydrogen (secondary N) is 1. The Kier molecular flexibility index (Phi) is 3.26. The summed E-state index contributed by atoms with van der Waals surface area (Å²) >= 11 is 1.84. The van der Waals surface area contributed by atoms with Crippen LogP contribution in [-0.4, -0.2) is 35.2 Å². The normalized spacial score (nSPS) is 37.9. The van der Waals surface area contributed by atoms with Crippen LogP contribution in [0.1, 0.15) is 33.6 Å². The molecule has 2 fully saturated rings. The lowest BCUT2D eigenvalue weighted by Crippen LogP contribution is -2.46. The van der Waals surface area contributed by atoms with Crippen molar-refractivity contribution in [1.29, 1.82) is 0 Å². The highest BCUT2D eigenvalue weighted by Crippen LogP contribution is 2.24. The summed E-state index contributed by atoms with van der Waals surface area (Å²) in [7, 11) is 0. The molecule has 2 saturated heterocycles. The lowest BCUT2D eigenvalue weighted by Gasteiger charge is -2.32. The number of thioether (sulfide) groups is 1. The zero-order valence-electron chi connectivity index (χ0n) is 9.75. The molecule has 0 radical (unpaired) electrons. The number of nitrogens with zero attached hydrogens (tertiary/aromatic N) is 1. The molecule has 0 aromatic rings. The van der Waals surface area contributed by atoms with E-state index < -0.39 is 0 Å². The Morgan fingerprint density at radius 1 is 1.53 bits per heavy atom. The van der Waals surface area contributed by atoms with Gasteiger partial charge in [0.2, 0.25) is 0 Å². The summed E-state index contributed by atoms with van der Waals surface area (Å²) in [5.41, 5.74) is 0.201. The van der Waals surface area contributed by atoms with E-state index in [4.69, 9.17) is 9.73 Å². The number of amidine groups is 1. The van der Waals surface area contributed by atoms with Crippen LogP contribution in [0.3, 0.4) is 0 Å². The molecule has 0 aliphatic carbocycles. The fourth-order valence-corrected chi connectivity index (χ4v) is 3.27. The third-order valence-corrected chi connectivity index (χ3v) is 3.92. The summed E-state index contributed by atoms with van der Waals surface area (Å²) in [6.07, 6.45) is 2.55. The maximum atomic E-state index is 5.51. The fraction of sp³-hybridized carbons (Fsp3) is 0.909. The van der Waals surface area contributed by atoms with E-state index in [1.807, 2.05) is 11.8 Å². The average molecular weight is 228 g/mol. The van der Waals surface area contributed by atoms with Crippen molar-refractivity contribution in [2.45, 2.75) is 51.3 Å². The first-order valence-corrected chi connectivity index (χ1v) is 6.66. The molecule has 2 unspecified atom stereocenters. The van der Waals surface area contributed by atoms with Crippen molar-refractivity contribution in [3.8, 4) is 0 Å². The van der Waals surface area contributed by atoms with Crippen LogP contribution in [0.4, 0.5) is 0 Å². The van der Waals surface area contributed by atoms with Crippen molar-refractivity contribution in [3.05, 3.63) is 0 Å². The SMILES string of the molecule is CC1OCCC1N=C1NC(C)(C)CCS1. The van der Waals surface area contributed by atoms with Gasteiger partial charge >= 0.3 is 0 Å². The van der Waals surface area contributed by atoms with E-state index in [-0.39, 0.29) is 11.6 Å². The minimum Gasteiger partial charge on any atom is -0.376 e. The Bertz CT molecular complexity index is 265. The van der Waals surface area contributed by atoms with Gasteiger partial charge in [0, 0.05) is 17.9 Å². The Morgan fingerprint density at radius 2 is 2.33 bits per heavy atom. The van der Waals surface area contributed by atoms with E-state index in [0.717, 1.165) is 18.2 Å². The summed E-state index contributed by atoms with van der Waals surface area (Å²) in [6.45, 7) is 7.44. The minimum absolute atomic E-state index is 0.201. The molecule has 2 atom stereocenters. The number of ether oxygens (including phenoxy) is 1. The van der Waals surface area contributed by atoms with Crippen LogP contribution in [0.2, 0.25) is 0 Å². The van der Waals surface area contributed by atoms with Crippen molar-refractivity contribution in [3.63, 3.8) is 0 Å². The van der Waals surface area contributed by atoms with Gasteiger partial charge in [-0.1, -0.05) is 11.8 Å². The number of rotatable bonds is 1. The standard InChI is InChI=1S/C11H20N2OS/c1-8-9(4-6-14-8)12-10-13-11(2,3)5-7-15-10/h8-9H,4-7H2,1-3H3,(H,12,13). The minimum atomic E-state index is 0.201. The maximum absolute atomic E-state index is 5.51. The van der Waals surface area contributed by atoms with Crippen LogP contribution in [0.5, 0.6) is 0 Å². The van der Waals surface area contributed by atoms with E-state index in [1.54, 1.807) is 0 Å². The molecule has 2 aliphatic heterocycles. The summed E-state index contributed by atoms with van der Waals surface area (Å²) < 4.78 is 5.51. The Labute approximate surface area is 96.1 Å². The molecule has 3 nitrogen and oxygen atoms in total. The molecule has 0 spiro atoms. The van der Waals surface area contributed by atoms with Crippen molar-refractivity contribution in [1.82, 2.24) is 5.32 Å². The topological polar surface area (TPSA) is 33.6 Å². The lowest BCUT2D eigenvalue weighted by molar-refractivity contribution is 0.119. The molecule has 86 valence electrons. The first-order chi connectivity index (χ1) is 7.07. The van der Waals surface area contributed by atoms with Gasteiger partial charge in [-0.3, -0.25) is 4.99 Å². The summed E-state index contributed by atoms with van der Waals surface area (Å²) in [6, 6.07) is 0.355. The van der Waals surface area contributed by atoms with Gasteiger partial charge in [-0.2, -0.15) is 0 Å². The third-order valence-electron chi connectivity index (χ3n) is 3.03. The summed E-state index contributed by atoms with van der Waals surface area (Å²) in [5.74, 6) is 1.17. The second kappa shape index (κ2) is 4.34. The van der Waals surface area contributed by atoms with Crippen LogP contribution in [-0.2, 0) is 4.74 Å². The first kappa shape index (κ1) is 11.3. The van der Waals surface area contributed by atoms with Crippen molar-refractivity contribution < 1.29 is 4.74 Å². The molecule has 4 heteroatoms. The van der Waals surface area contributed by atoms with Crippen LogP contribution < -0.4 is 5.32 Å². The average Bonchev–Trinajstić information content (AvgIpc) is 2.50. The van der Waals surface area contributed by atoms with E-state index >= 15 is 0 Å². The molecule has 2 aliphatic rings. The van der Waals surface area contributed by atoms with Crippen LogP contribution in [0, 0.1) is 0 Å². The Balaban J connectivity index is 2.00. The molecular formula is C11H20N2OS. The molecule has 0 amide bonds. The lowest BCUT2D eigenvalue weighted by atomic mass is 10.0. The van der Waals surface area contributed by atoms with E-state index in [0.29, 0.717) is 6.04 Å². The Hall–Kier alpha value is -0.220. The van der Waals surface area contributed by atoms with E-state index in [2.05, 4.69) is 26.1 Å². The van der Waals surface area contributed by atoms with E-state index in [1.165, 1.54) is 12.2 Å². The Morgan fingerprint density at radius 3 is 2.93 bits per heavy atom. The van der Waals surface area contributed by atoms with Gasteiger partial charge in [-0.05, 0) is 33.6 Å². The van der Waals surface area contributed by atoms with Gasteiger partial charge in [-0.25, -0.2) is 0 Å². The number of hydrogen-bond donors (Lipinski definition) is 1. The van der Waals surface area contributed by atoms with Gasteiger partial charge in [0.1, 0.15) is 0 Å². The van der Waals surface area contributed by atoms with Crippen molar-refractivity contribution in [2.24, 2.45) is 4.99 Å². The van der Waals surface area contributed by atoms with Crippen LogP contribution in [0.15, 0.2) is 4.99 Å². The van der Waals surface area contributed by atoms with Gasteiger partial charge in [0.25, 0.3) is 0 Å². The molecule has 0 saturated carbocycles. The first-order valence-electron chi connectivity index (χ1n) is 5.67. The zero-order valence-corrected chi connectivity index (χ0v) is 10.6. The number of hydrogen-bond acceptors (Lipinski definition) is 3. The van der Waals surface area contributed by atoms with Crippen LogP contribution in [0.25, 0.3) is 0 Å². The van der Waals surface area contributed by atoms with Gasteiger partial charge in [-0.15, -0.1) is 0 Å².